The molecule has 1 N–H and O–H groups in total. The van der Waals surface area contributed by atoms with Crippen molar-refractivity contribution in [3.8, 4) is 0 Å². The molecule has 34 heavy (non-hydrogen) atoms. The fourth-order valence-corrected chi connectivity index (χ4v) is 4.17. The summed E-state index contributed by atoms with van der Waals surface area (Å²) < 4.78 is 3.45. The van der Waals surface area contributed by atoms with Crippen LogP contribution < -0.4 is 16.1 Å². The highest BCUT2D eigenvalue weighted by atomic mass is 16.2. The number of carbonyl (C=O) groups excluding carboxylic acids is 1. The number of nitrogens with one attached hydrogen (secondary N) is 1. The number of H-pyrrole nitrogens is 1. The van der Waals surface area contributed by atoms with E-state index in [0.29, 0.717) is 43.0 Å². The summed E-state index contributed by atoms with van der Waals surface area (Å²) in [4.78, 5) is 47.6. The largest absolute Gasteiger partial charge is 0.330 e. The second kappa shape index (κ2) is 11.8. The van der Waals surface area contributed by atoms with Gasteiger partial charge in [-0.3, -0.25) is 19.1 Å². The Labute approximate surface area is 200 Å². The average Bonchev–Trinajstić information content (AvgIpc) is 3.16. The lowest BCUT2D eigenvalue weighted by Crippen LogP contribution is -2.32. The third-order valence-electron chi connectivity index (χ3n) is 5.91. The van der Waals surface area contributed by atoms with E-state index in [2.05, 4.69) is 32.7 Å². The predicted molar refractivity (Wildman–Crippen MR) is 136 cm³/mol. The molecule has 0 saturated carbocycles. The van der Waals surface area contributed by atoms with E-state index in [-0.39, 0.29) is 18.2 Å². The van der Waals surface area contributed by atoms with Crippen LogP contribution in [0.2, 0.25) is 0 Å². The molecule has 184 valence electrons. The third kappa shape index (κ3) is 5.85. The molecule has 0 fully saturated rings. The number of fused-ring (bicyclic) bond motifs is 1. The molecule has 2 heterocycles. The second-order valence-electron chi connectivity index (χ2n) is 9.20. The number of rotatable bonds is 12. The van der Waals surface area contributed by atoms with Gasteiger partial charge in [-0.25, -0.2) is 9.78 Å². The molecule has 0 bridgehead atoms. The van der Waals surface area contributed by atoms with E-state index in [1.54, 1.807) is 4.57 Å². The Morgan fingerprint density at radius 3 is 2.41 bits per heavy atom. The lowest BCUT2D eigenvalue weighted by Gasteiger charge is -2.23. The number of para-hydroxylation sites is 1. The van der Waals surface area contributed by atoms with Crippen LogP contribution in [0.3, 0.4) is 0 Å². The average molecular weight is 468 g/mol. The van der Waals surface area contributed by atoms with Gasteiger partial charge in [-0.2, -0.15) is 0 Å². The highest BCUT2D eigenvalue weighted by molar-refractivity contribution is 5.93. The van der Waals surface area contributed by atoms with Gasteiger partial charge in [0.1, 0.15) is 5.82 Å². The molecule has 0 spiro atoms. The number of hydrogen-bond donors (Lipinski definition) is 1. The lowest BCUT2D eigenvalue weighted by molar-refractivity contribution is -0.118. The SMILES string of the molecule is CCCCN(C(=O)CCc1nc2c(c(=O)[nH]c(=O)n2CCCC)n1CC(C)C)c1ccccc1. The molecule has 3 aromatic rings. The Bertz CT molecular complexity index is 1210. The van der Waals surface area contributed by atoms with Crippen molar-refractivity contribution in [1.82, 2.24) is 19.1 Å². The van der Waals surface area contributed by atoms with Crippen LogP contribution in [0.15, 0.2) is 39.9 Å². The maximum Gasteiger partial charge on any atom is 0.330 e. The Kier molecular flexibility index (Phi) is 8.85. The summed E-state index contributed by atoms with van der Waals surface area (Å²) in [5, 5.41) is 0. The summed E-state index contributed by atoms with van der Waals surface area (Å²) in [6.07, 6.45) is 4.34. The monoisotopic (exact) mass is 467 g/mol. The Morgan fingerprint density at radius 2 is 1.76 bits per heavy atom. The van der Waals surface area contributed by atoms with Crippen LogP contribution in [-0.2, 0) is 24.3 Å². The Hall–Kier alpha value is -3.16. The fraction of sp³-hybridized carbons (Fsp3) is 0.538. The molecule has 3 rings (SSSR count). The number of carbonyl (C=O) groups is 1. The summed E-state index contributed by atoms with van der Waals surface area (Å²) in [6.45, 7) is 10.1. The zero-order chi connectivity index (χ0) is 24.7. The smallest absolute Gasteiger partial charge is 0.322 e. The number of nitrogens with zero attached hydrogens (tertiary/aromatic N) is 4. The molecule has 0 atom stereocenters. The molecular weight excluding hydrogens is 430 g/mol. The number of benzene rings is 1. The van der Waals surface area contributed by atoms with Crippen molar-refractivity contribution >= 4 is 22.8 Å². The van der Waals surface area contributed by atoms with E-state index in [4.69, 9.17) is 4.98 Å². The first-order valence-electron chi connectivity index (χ1n) is 12.4. The van der Waals surface area contributed by atoms with Crippen molar-refractivity contribution in [2.24, 2.45) is 5.92 Å². The van der Waals surface area contributed by atoms with Gasteiger partial charge in [0.25, 0.3) is 5.56 Å². The van der Waals surface area contributed by atoms with Gasteiger partial charge >= 0.3 is 5.69 Å². The predicted octanol–water partition coefficient (Wildman–Crippen LogP) is 4.11. The summed E-state index contributed by atoms with van der Waals surface area (Å²) in [7, 11) is 0. The number of amides is 1. The van der Waals surface area contributed by atoms with Gasteiger partial charge < -0.3 is 9.47 Å². The molecular formula is C26H37N5O3. The summed E-state index contributed by atoms with van der Waals surface area (Å²) in [5.74, 6) is 0.967. The number of aromatic amines is 1. The first-order valence-corrected chi connectivity index (χ1v) is 12.4. The number of imidazole rings is 1. The number of hydrogen-bond acceptors (Lipinski definition) is 4. The molecule has 0 unspecified atom stereocenters. The molecule has 1 amide bonds. The number of aryl methyl sites for hydroxylation is 2. The normalized spacial score (nSPS) is 11.4. The van der Waals surface area contributed by atoms with Gasteiger partial charge in [-0.05, 0) is 30.9 Å². The van der Waals surface area contributed by atoms with Crippen molar-refractivity contribution in [3.05, 3.63) is 57.0 Å². The third-order valence-corrected chi connectivity index (χ3v) is 5.91. The van der Waals surface area contributed by atoms with Crippen molar-refractivity contribution in [2.45, 2.75) is 79.3 Å². The van der Waals surface area contributed by atoms with Crippen molar-refractivity contribution in [3.63, 3.8) is 0 Å². The molecule has 0 aliphatic heterocycles. The van der Waals surface area contributed by atoms with Crippen molar-refractivity contribution in [1.29, 1.82) is 0 Å². The number of anilines is 1. The molecule has 1 aromatic carbocycles. The quantitative estimate of drug-likeness (QED) is 0.434. The van der Waals surface area contributed by atoms with E-state index in [0.717, 1.165) is 31.4 Å². The summed E-state index contributed by atoms with van der Waals surface area (Å²) >= 11 is 0. The minimum atomic E-state index is -0.433. The maximum absolute atomic E-state index is 13.3. The number of unbranched alkanes of at least 4 members (excludes halogenated alkanes) is 2. The van der Waals surface area contributed by atoms with Crippen LogP contribution in [0, 0.1) is 5.92 Å². The van der Waals surface area contributed by atoms with Gasteiger partial charge in [0.15, 0.2) is 11.2 Å². The van der Waals surface area contributed by atoms with Gasteiger partial charge in [-0.15, -0.1) is 0 Å². The van der Waals surface area contributed by atoms with Gasteiger partial charge in [0, 0.05) is 38.2 Å². The Morgan fingerprint density at radius 1 is 1.06 bits per heavy atom. The molecule has 2 aromatic heterocycles. The van der Waals surface area contributed by atoms with Gasteiger partial charge in [-0.1, -0.05) is 58.7 Å². The lowest BCUT2D eigenvalue weighted by atomic mass is 10.2. The van der Waals surface area contributed by atoms with Crippen LogP contribution in [0.4, 0.5) is 5.69 Å². The fourth-order valence-electron chi connectivity index (χ4n) is 4.17. The molecule has 0 saturated heterocycles. The van der Waals surface area contributed by atoms with Crippen LogP contribution in [0.1, 0.15) is 65.6 Å². The number of aromatic nitrogens is 4. The Balaban J connectivity index is 1.96. The van der Waals surface area contributed by atoms with Gasteiger partial charge in [0.05, 0.1) is 0 Å². The van der Waals surface area contributed by atoms with Crippen LogP contribution in [0.5, 0.6) is 0 Å². The minimum Gasteiger partial charge on any atom is -0.322 e. The topological polar surface area (TPSA) is 93.0 Å². The zero-order valence-electron chi connectivity index (χ0n) is 20.8. The molecule has 0 radical (unpaired) electrons. The minimum absolute atomic E-state index is 0.0279. The van der Waals surface area contributed by atoms with Crippen LogP contribution in [-0.4, -0.2) is 31.6 Å². The van der Waals surface area contributed by atoms with E-state index in [1.807, 2.05) is 39.8 Å². The molecule has 0 aliphatic carbocycles. The molecule has 0 aliphatic rings. The van der Waals surface area contributed by atoms with Gasteiger partial charge in [0.2, 0.25) is 5.91 Å². The first-order chi connectivity index (χ1) is 16.4. The highest BCUT2D eigenvalue weighted by Gasteiger charge is 2.21. The second-order valence-corrected chi connectivity index (χ2v) is 9.20. The first kappa shape index (κ1) is 25.5. The molecule has 8 nitrogen and oxygen atoms in total. The van der Waals surface area contributed by atoms with E-state index < -0.39 is 11.2 Å². The highest BCUT2D eigenvalue weighted by Crippen LogP contribution is 2.19. The van der Waals surface area contributed by atoms with Crippen molar-refractivity contribution < 1.29 is 4.79 Å². The maximum atomic E-state index is 13.3. The standard InChI is InChI=1S/C26H37N5O3/c1-5-7-16-29(20-12-10-9-11-13-20)22(32)15-14-21-27-24-23(31(21)18-19(3)4)25(33)28-26(34)30(24)17-8-6-2/h9-13,19H,5-8,14-18H2,1-4H3,(H,28,33,34). The van der Waals surface area contributed by atoms with Crippen LogP contribution in [0.25, 0.3) is 11.2 Å². The van der Waals surface area contributed by atoms with E-state index >= 15 is 0 Å². The molecule has 8 heteroatoms. The summed E-state index contributed by atoms with van der Waals surface area (Å²) in [6, 6.07) is 9.72. The van der Waals surface area contributed by atoms with Crippen LogP contribution >= 0.6 is 0 Å². The summed E-state index contributed by atoms with van der Waals surface area (Å²) in [5.41, 5.74) is 0.861. The van der Waals surface area contributed by atoms with E-state index in [1.165, 1.54) is 0 Å². The van der Waals surface area contributed by atoms with Crippen molar-refractivity contribution in [2.75, 3.05) is 11.4 Å². The zero-order valence-corrected chi connectivity index (χ0v) is 20.8. The van der Waals surface area contributed by atoms with E-state index in [9.17, 15) is 14.4 Å².